The van der Waals surface area contributed by atoms with Crippen LogP contribution in [0.4, 0.5) is 11.4 Å². The fourth-order valence-corrected chi connectivity index (χ4v) is 3.35. The van der Waals surface area contributed by atoms with Gasteiger partial charge in [0.2, 0.25) is 0 Å². The van der Waals surface area contributed by atoms with E-state index in [4.69, 9.17) is 5.73 Å². The third-order valence-corrected chi connectivity index (χ3v) is 4.45. The number of nitrogens with zero attached hydrogens (tertiary/aromatic N) is 2. The first-order valence-electron chi connectivity index (χ1n) is 7.69. The van der Waals surface area contributed by atoms with Crippen molar-refractivity contribution in [3.63, 3.8) is 0 Å². The van der Waals surface area contributed by atoms with Gasteiger partial charge < -0.3 is 15.5 Å². The lowest BCUT2D eigenvalue weighted by atomic mass is 10.1. The highest BCUT2D eigenvalue weighted by Crippen LogP contribution is 2.28. The molecule has 3 rings (SSSR count). The molecular formula is C16H25N3. The third kappa shape index (κ3) is 3.03. The summed E-state index contributed by atoms with van der Waals surface area (Å²) >= 11 is 0. The molecule has 3 heteroatoms. The number of hydrogen-bond donors (Lipinski definition) is 1. The van der Waals surface area contributed by atoms with Crippen LogP contribution < -0.4 is 10.6 Å². The van der Waals surface area contributed by atoms with Gasteiger partial charge in [0.1, 0.15) is 0 Å². The standard InChI is InChI=1S/C16H25N3/c17-15-6-7-16-14(13-15)5-1-2-10-19(16)12-11-18-8-3-4-9-18/h6-7,13H,1-5,8-12,17H2. The van der Waals surface area contributed by atoms with Gasteiger partial charge in [-0.3, -0.25) is 0 Å². The molecule has 0 aromatic heterocycles. The van der Waals surface area contributed by atoms with Crippen molar-refractivity contribution in [3.8, 4) is 0 Å². The van der Waals surface area contributed by atoms with Gasteiger partial charge in [0.15, 0.2) is 0 Å². The molecule has 0 radical (unpaired) electrons. The summed E-state index contributed by atoms with van der Waals surface area (Å²) in [5.74, 6) is 0. The first-order valence-corrected chi connectivity index (χ1v) is 7.69. The second-order valence-corrected chi connectivity index (χ2v) is 5.88. The maximum Gasteiger partial charge on any atom is 0.0400 e. The van der Waals surface area contributed by atoms with Crippen LogP contribution in [0, 0.1) is 0 Å². The van der Waals surface area contributed by atoms with Crippen LogP contribution >= 0.6 is 0 Å². The lowest BCUT2D eigenvalue weighted by molar-refractivity contribution is 0.344. The second-order valence-electron chi connectivity index (χ2n) is 5.88. The van der Waals surface area contributed by atoms with Crippen LogP contribution in [0.15, 0.2) is 18.2 Å². The summed E-state index contributed by atoms with van der Waals surface area (Å²) in [7, 11) is 0. The van der Waals surface area contributed by atoms with E-state index in [0.717, 1.165) is 12.2 Å². The van der Waals surface area contributed by atoms with Gasteiger partial charge in [-0.05, 0) is 69.0 Å². The SMILES string of the molecule is Nc1ccc2c(c1)CCCCN2CCN1CCCC1. The first kappa shape index (κ1) is 12.8. The number of hydrogen-bond acceptors (Lipinski definition) is 3. The maximum absolute atomic E-state index is 5.93. The largest absolute Gasteiger partial charge is 0.399 e. The van der Waals surface area contributed by atoms with Gasteiger partial charge in [-0.2, -0.15) is 0 Å². The monoisotopic (exact) mass is 259 g/mol. The smallest absolute Gasteiger partial charge is 0.0400 e. The van der Waals surface area contributed by atoms with Crippen molar-refractivity contribution in [2.24, 2.45) is 0 Å². The summed E-state index contributed by atoms with van der Waals surface area (Å²) in [5, 5.41) is 0. The predicted octanol–water partition coefficient (Wildman–Crippen LogP) is 2.51. The Balaban J connectivity index is 1.70. The number of fused-ring (bicyclic) bond motifs is 1. The fraction of sp³-hybridized carbons (Fsp3) is 0.625. The zero-order valence-corrected chi connectivity index (χ0v) is 11.8. The lowest BCUT2D eigenvalue weighted by Crippen LogP contribution is -2.34. The highest BCUT2D eigenvalue weighted by atomic mass is 15.2. The van der Waals surface area contributed by atoms with Crippen molar-refractivity contribution < 1.29 is 0 Å². The van der Waals surface area contributed by atoms with Gasteiger partial charge >= 0.3 is 0 Å². The summed E-state index contributed by atoms with van der Waals surface area (Å²) in [4.78, 5) is 5.17. The van der Waals surface area contributed by atoms with Gasteiger partial charge in [0.05, 0.1) is 0 Å². The van der Waals surface area contributed by atoms with E-state index in [2.05, 4.69) is 21.9 Å². The van der Waals surface area contributed by atoms with E-state index in [1.165, 1.54) is 69.5 Å². The van der Waals surface area contributed by atoms with Crippen molar-refractivity contribution in [1.82, 2.24) is 4.90 Å². The Kier molecular flexibility index (Phi) is 3.92. The van der Waals surface area contributed by atoms with E-state index in [1.54, 1.807) is 0 Å². The van der Waals surface area contributed by atoms with E-state index in [1.807, 2.05) is 6.07 Å². The molecule has 0 amide bonds. The van der Waals surface area contributed by atoms with Crippen LogP contribution in [0.5, 0.6) is 0 Å². The number of benzene rings is 1. The van der Waals surface area contributed by atoms with E-state index < -0.39 is 0 Å². The fourth-order valence-electron chi connectivity index (χ4n) is 3.35. The van der Waals surface area contributed by atoms with Crippen molar-refractivity contribution in [2.75, 3.05) is 43.4 Å². The zero-order valence-electron chi connectivity index (χ0n) is 11.8. The molecule has 3 nitrogen and oxygen atoms in total. The van der Waals surface area contributed by atoms with Crippen molar-refractivity contribution in [3.05, 3.63) is 23.8 Å². The van der Waals surface area contributed by atoms with Gasteiger partial charge in [-0.25, -0.2) is 0 Å². The average Bonchev–Trinajstić information content (AvgIpc) is 2.84. The minimum Gasteiger partial charge on any atom is -0.399 e. The summed E-state index contributed by atoms with van der Waals surface area (Å²) in [6.07, 6.45) is 6.53. The minimum absolute atomic E-state index is 0.903. The molecule has 104 valence electrons. The Bertz CT molecular complexity index is 424. The van der Waals surface area contributed by atoms with Crippen LogP contribution in [0.2, 0.25) is 0 Å². The Morgan fingerprint density at radius 2 is 1.74 bits per heavy atom. The van der Waals surface area contributed by atoms with Crippen LogP contribution in [0.1, 0.15) is 31.2 Å². The molecular weight excluding hydrogens is 234 g/mol. The van der Waals surface area contributed by atoms with Gasteiger partial charge in [-0.15, -0.1) is 0 Å². The predicted molar refractivity (Wildman–Crippen MR) is 81.7 cm³/mol. The topological polar surface area (TPSA) is 32.5 Å². The Hall–Kier alpha value is -1.22. The highest BCUT2D eigenvalue weighted by Gasteiger charge is 2.17. The van der Waals surface area contributed by atoms with Crippen LogP contribution in [0.3, 0.4) is 0 Å². The Morgan fingerprint density at radius 3 is 2.58 bits per heavy atom. The number of nitrogen functional groups attached to an aromatic ring is 1. The molecule has 1 aromatic rings. The van der Waals surface area contributed by atoms with Crippen molar-refractivity contribution in [2.45, 2.75) is 32.1 Å². The normalized spacial score (nSPS) is 20.3. The zero-order chi connectivity index (χ0) is 13.1. The molecule has 0 atom stereocenters. The first-order chi connectivity index (χ1) is 9.33. The van der Waals surface area contributed by atoms with Gasteiger partial charge in [0.25, 0.3) is 0 Å². The molecule has 2 aliphatic heterocycles. The van der Waals surface area contributed by atoms with Crippen molar-refractivity contribution in [1.29, 1.82) is 0 Å². The van der Waals surface area contributed by atoms with Crippen LogP contribution in [-0.2, 0) is 6.42 Å². The molecule has 0 unspecified atom stereocenters. The quantitative estimate of drug-likeness (QED) is 0.847. The molecule has 0 aliphatic carbocycles. The van der Waals surface area contributed by atoms with Gasteiger partial charge in [0, 0.05) is 31.0 Å². The molecule has 2 heterocycles. The summed E-state index contributed by atoms with van der Waals surface area (Å²) < 4.78 is 0. The van der Waals surface area contributed by atoms with E-state index in [9.17, 15) is 0 Å². The van der Waals surface area contributed by atoms with E-state index in [-0.39, 0.29) is 0 Å². The summed E-state index contributed by atoms with van der Waals surface area (Å²) in [6, 6.07) is 6.44. The molecule has 0 saturated carbocycles. The number of likely N-dealkylation sites (tertiary alicyclic amines) is 1. The average molecular weight is 259 g/mol. The molecule has 19 heavy (non-hydrogen) atoms. The summed E-state index contributed by atoms with van der Waals surface area (Å²) in [5.41, 5.74) is 9.69. The molecule has 0 bridgehead atoms. The third-order valence-electron chi connectivity index (χ3n) is 4.45. The molecule has 2 aliphatic rings. The number of anilines is 2. The van der Waals surface area contributed by atoms with Crippen molar-refractivity contribution >= 4 is 11.4 Å². The van der Waals surface area contributed by atoms with E-state index >= 15 is 0 Å². The number of aryl methyl sites for hydroxylation is 1. The van der Waals surface area contributed by atoms with Crippen LogP contribution in [-0.4, -0.2) is 37.6 Å². The molecule has 1 aromatic carbocycles. The molecule has 1 saturated heterocycles. The molecule has 1 fully saturated rings. The van der Waals surface area contributed by atoms with Gasteiger partial charge in [-0.1, -0.05) is 0 Å². The summed E-state index contributed by atoms with van der Waals surface area (Å²) in [6.45, 7) is 6.16. The maximum atomic E-state index is 5.93. The van der Waals surface area contributed by atoms with E-state index in [0.29, 0.717) is 0 Å². The number of rotatable bonds is 3. The molecule has 2 N–H and O–H groups in total. The van der Waals surface area contributed by atoms with Crippen LogP contribution in [0.25, 0.3) is 0 Å². The second kappa shape index (κ2) is 5.83. The lowest BCUT2D eigenvalue weighted by Gasteiger charge is -2.27. The number of nitrogens with two attached hydrogens (primary N) is 1. The Labute approximate surface area is 116 Å². The minimum atomic E-state index is 0.903. The molecule has 0 spiro atoms. The highest BCUT2D eigenvalue weighted by molar-refractivity contribution is 5.60. The Morgan fingerprint density at radius 1 is 0.947 bits per heavy atom.